The molecule has 8 nitrogen and oxygen atoms in total. The van der Waals surface area contributed by atoms with Crippen molar-refractivity contribution in [2.75, 3.05) is 31.5 Å². The molecule has 2 amide bonds. The fourth-order valence-corrected chi connectivity index (χ4v) is 6.52. The maximum Gasteiger partial charge on any atom is 0.244 e. The molecule has 3 aliphatic heterocycles. The molecule has 3 aliphatic rings. The smallest absolute Gasteiger partial charge is 0.244 e. The second-order valence-corrected chi connectivity index (χ2v) is 10.8. The van der Waals surface area contributed by atoms with Crippen LogP contribution in [0.4, 0.5) is 5.69 Å². The monoisotopic (exact) mass is 434 g/mol. The van der Waals surface area contributed by atoms with E-state index in [2.05, 4.69) is 23.9 Å². The van der Waals surface area contributed by atoms with Crippen molar-refractivity contribution in [1.82, 2.24) is 14.5 Å². The number of carbonyl (C=O) groups is 2. The van der Waals surface area contributed by atoms with E-state index in [-0.39, 0.29) is 29.7 Å². The summed E-state index contributed by atoms with van der Waals surface area (Å²) in [5.74, 6) is 0.779. The van der Waals surface area contributed by atoms with Gasteiger partial charge < -0.3 is 15.1 Å². The van der Waals surface area contributed by atoms with Crippen LogP contribution in [0.3, 0.4) is 0 Å². The second kappa shape index (κ2) is 7.85. The van der Waals surface area contributed by atoms with Crippen molar-refractivity contribution in [3.05, 3.63) is 24.3 Å². The lowest BCUT2D eigenvalue weighted by molar-refractivity contribution is -0.141. The fourth-order valence-electron chi connectivity index (χ4n) is 4.98. The number of sulfonamides is 1. The van der Waals surface area contributed by atoms with Crippen LogP contribution in [0.1, 0.15) is 39.5 Å². The number of nitrogens with one attached hydrogen (secondary N) is 2. The first-order valence-corrected chi connectivity index (χ1v) is 12.1. The van der Waals surface area contributed by atoms with Gasteiger partial charge in [0.1, 0.15) is 10.6 Å². The molecule has 0 unspecified atom stereocenters. The third-order valence-corrected chi connectivity index (χ3v) is 7.95. The van der Waals surface area contributed by atoms with Crippen LogP contribution >= 0.6 is 0 Å². The van der Waals surface area contributed by atoms with Gasteiger partial charge in [-0.1, -0.05) is 26.0 Å². The summed E-state index contributed by atoms with van der Waals surface area (Å²) >= 11 is 0. The summed E-state index contributed by atoms with van der Waals surface area (Å²) in [6.45, 7) is 6.13. The van der Waals surface area contributed by atoms with Gasteiger partial charge in [0.25, 0.3) is 0 Å². The number of piperidine rings is 1. The summed E-state index contributed by atoms with van der Waals surface area (Å²) in [6, 6.07) is 6.77. The Bertz CT molecular complexity index is 940. The topological polar surface area (TPSA) is 98.8 Å². The Hall–Kier alpha value is -2.13. The molecule has 0 aliphatic carbocycles. The molecule has 1 aromatic carbocycles. The van der Waals surface area contributed by atoms with E-state index in [9.17, 15) is 18.0 Å². The first kappa shape index (κ1) is 21.1. The van der Waals surface area contributed by atoms with Crippen molar-refractivity contribution >= 4 is 27.5 Å². The average Bonchev–Trinajstić information content (AvgIpc) is 2.81. The zero-order valence-electron chi connectivity index (χ0n) is 17.6. The molecule has 3 heterocycles. The van der Waals surface area contributed by atoms with Gasteiger partial charge in [0, 0.05) is 32.5 Å². The van der Waals surface area contributed by atoms with Crippen molar-refractivity contribution in [3.8, 4) is 0 Å². The molecule has 1 aromatic rings. The Kier molecular flexibility index (Phi) is 5.52. The third kappa shape index (κ3) is 4.18. The lowest BCUT2D eigenvalue weighted by Gasteiger charge is -2.39. The quantitative estimate of drug-likeness (QED) is 0.737. The minimum absolute atomic E-state index is 0.0276. The highest BCUT2D eigenvalue weighted by Crippen LogP contribution is 2.35. The van der Waals surface area contributed by atoms with E-state index < -0.39 is 15.7 Å². The van der Waals surface area contributed by atoms with Gasteiger partial charge in [0.2, 0.25) is 21.8 Å². The normalized spacial score (nSPS) is 31.1. The van der Waals surface area contributed by atoms with E-state index >= 15 is 0 Å². The molecule has 2 N–H and O–H groups in total. The molecule has 0 bridgehead atoms. The summed E-state index contributed by atoms with van der Waals surface area (Å²) in [4.78, 5) is 29.3. The van der Waals surface area contributed by atoms with Crippen LogP contribution in [-0.2, 0) is 19.6 Å². The van der Waals surface area contributed by atoms with Gasteiger partial charge in [-0.15, -0.1) is 0 Å². The molecule has 164 valence electrons. The van der Waals surface area contributed by atoms with Crippen molar-refractivity contribution in [1.29, 1.82) is 0 Å². The number of nitrogens with zero attached hydrogens (tertiary/aromatic N) is 2. The highest BCUT2D eigenvalue weighted by atomic mass is 32.2. The molecule has 2 saturated heterocycles. The number of para-hydroxylation sites is 1. The summed E-state index contributed by atoms with van der Waals surface area (Å²) in [6.07, 6.45) is 2.02. The minimum atomic E-state index is -3.67. The lowest BCUT2D eigenvalue weighted by atomic mass is 9.92. The summed E-state index contributed by atoms with van der Waals surface area (Å²) in [5.41, 5.74) is -0.376. The molecule has 2 fully saturated rings. The number of amides is 2. The van der Waals surface area contributed by atoms with Crippen LogP contribution < -0.4 is 10.0 Å². The zero-order valence-corrected chi connectivity index (χ0v) is 18.4. The molecule has 0 saturated carbocycles. The SMILES string of the molecule is C[C@H]1C[C@H](C)CN(C(=O)CN2CC[C@@]3(CCC2=O)Nc2ccccc2S(=O)(=O)N3)C1. The van der Waals surface area contributed by atoms with Crippen molar-refractivity contribution in [3.63, 3.8) is 0 Å². The molecular weight excluding hydrogens is 404 g/mol. The van der Waals surface area contributed by atoms with Gasteiger partial charge in [-0.05, 0) is 36.8 Å². The summed E-state index contributed by atoms with van der Waals surface area (Å²) < 4.78 is 28.3. The molecule has 4 rings (SSSR count). The number of anilines is 1. The fraction of sp³-hybridized carbons (Fsp3) is 0.619. The predicted molar refractivity (Wildman–Crippen MR) is 113 cm³/mol. The van der Waals surface area contributed by atoms with Crippen LogP contribution in [-0.4, -0.2) is 61.9 Å². The number of rotatable bonds is 2. The van der Waals surface area contributed by atoms with Crippen molar-refractivity contribution in [2.24, 2.45) is 11.8 Å². The number of hydrogen-bond acceptors (Lipinski definition) is 5. The van der Waals surface area contributed by atoms with Gasteiger partial charge in [-0.3, -0.25) is 9.59 Å². The number of fused-ring (bicyclic) bond motifs is 1. The maximum absolute atomic E-state index is 12.9. The molecule has 9 heteroatoms. The number of hydrogen-bond donors (Lipinski definition) is 2. The van der Waals surface area contributed by atoms with E-state index in [0.29, 0.717) is 36.9 Å². The average molecular weight is 435 g/mol. The largest absolute Gasteiger partial charge is 0.365 e. The first-order chi connectivity index (χ1) is 14.2. The highest BCUT2D eigenvalue weighted by molar-refractivity contribution is 7.89. The lowest BCUT2D eigenvalue weighted by Crippen LogP contribution is -2.57. The Morgan fingerprint density at radius 3 is 2.60 bits per heavy atom. The van der Waals surface area contributed by atoms with E-state index in [1.807, 2.05) is 4.90 Å². The van der Waals surface area contributed by atoms with Crippen LogP contribution in [0.25, 0.3) is 0 Å². The Morgan fingerprint density at radius 2 is 1.87 bits per heavy atom. The summed E-state index contributed by atoms with van der Waals surface area (Å²) in [7, 11) is -3.67. The Balaban J connectivity index is 1.47. The molecule has 0 aromatic heterocycles. The van der Waals surface area contributed by atoms with Crippen LogP contribution in [0.15, 0.2) is 29.2 Å². The van der Waals surface area contributed by atoms with E-state index in [1.54, 1.807) is 29.2 Å². The number of carbonyl (C=O) groups excluding carboxylic acids is 2. The number of benzene rings is 1. The standard InChI is InChI=1S/C21H30N4O4S/c1-15-11-16(2)13-25(12-15)20(27)14-24-10-9-21(8-7-19(24)26)22-17-5-3-4-6-18(17)30(28,29)23-21/h3-6,15-16,22-23H,7-14H2,1-2H3/t15-,16-,21-/m0/s1. The third-order valence-electron chi connectivity index (χ3n) is 6.35. The van der Waals surface area contributed by atoms with E-state index in [0.717, 1.165) is 19.5 Å². The van der Waals surface area contributed by atoms with Gasteiger partial charge in [0.15, 0.2) is 0 Å². The molecule has 1 spiro atoms. The van der Waals surface area contributed by atoms with Gasteiger partial charge in [-0.25, -0.2) is 8.42 Å². The Labute approximate surface area is 178 Å². The molecule has 0 radical (unpaired) electrons. The predicted octanol–water partition coefficient (Wildman–Crippen LogP) is 1.60. The van der Waals surface area contributed by atoms with E-state index in [1.165, 1.54) is 0 Å². The van der Waals surface area contributed by atoms with Gasteiger partial charge in [0.05, 0.1) is 12.2 Å². The van der Waals surface area contributed by atoms with Crippen LogP contribution in [0, 0.1) is 11.8 Å². The molecule has 30 heavy (non-hydrogen) atoms. The van der Waals surface area contributed by atoms with Gasteiger partial charge >= 0.3 is 0 Å². The van der Waals surface area contributed by atoms with E-state index in [4.69, 9.17) is 0 Å². The van der Waals surface area contributed by atoms with Crippen LogP contribution in [0.5, 0.6) is 0 Å². The van der Waals surface area contributed by atoms with Crippen LogP contribution in [0.2, 0.25) is 0 Å². The second-order valence-electron chi connectivity index (χ2n) is 9.12. The Morgan fingerprint density at radius 1 is 1.17 bits per heavy atom. The first-order valence-electron chi connectivity index (χ1n) is 10.6. The zero-order chi connectivity index (χ0) is 21.5. The molecular formula is C21H30N4O4S. The number of likely N-dealkylation sites (tertiary alicyclic amines) is 2. The van der Waals surface area contributed by atoms with Crippen molar-refractivity contribution < 1.29 is 18.0 Å². The molecule has 3 atom stereocenters. The maximum atomic E-state index is 12.9. The highest BCUT2D eigenvalue weighted by Gasteiger charge is 2.43. The summed E-state index contributed by atoms with van der Waals surface area (Å²) in [5, 5.41) is 3.31. The van der Waals surface area contributed by atoms with Gasteiger partial charge in [-0.2, -0.15) is 4.72 Å². The minimum Gasteiger partial charge on any atom is -0.365 e. The van der Waals surface area contributed by atoms with Crippen molar-refractivity contribution in [2.45, 2.75) is 50.1 Å².